The highest BCUT2D eigenvalue weighted by atomic mass is 16.5. The van der Waals surface area contributed by atoms with Crippen molar-refractivity contribution in [2.24, 2.45) is 0 Å². The Morgan fingerprint density at radius 2 is 1.76 bits per heavy atom. The van der Waals surface area contributed by atoms with Gasteiger partial charge in [0.2, 0.25) is 5.91 Å². The summed E-state index contributed by atoms with van der Waals surface area (Å²) in [7, 11) is 3.19. The van der Waals surface area contributed by atoms with Gasteiger partial charge in [-0.05, 0) is 54.1 Å². The van der Waals surface area contributed by atoms with Crippen LogP contribution in [0.2, 0.25) is 0 Å². The molecular formula is C26H24N4O3. The second-order valence-electron chi connectivity index (χ2n) is 7.19. The Hall–Kier alpha value is -4.39. The number of nitrogens with zero attached hydrogens (tertiary/aromatic N) is 3. The van der Waals surface area contributed by atoms with Crippen LogP contribution in [0.15, 0.2) is 85.3 Å². The Morgan fingerprint density at radius 1 is 1.00 bits per heavy atom. The summed E-state index contributed by atoms with van der Waals surface area (Å²) in [5.41, 5.74) is 4.26. The highest BCUT2D eigenvalue weighted by Crippen LogP contribution is 2.33. The molecule has 0 fully saturated rings. The summed E-state index contributed by atoms with van der Waals surface area (Å²) in [6, 6.07) is 19.2. The summed E-state index contributed by atoms with van der Waals surface area (Å²) in [6.45, 7) is 0.428. The lowest BCUT2D eigenvalue weighted by molar-refractivity contribution is -0.116. The number of carbonyl (C=O) groups excluding carboxylic acids is 1. The quantitative estimate of drug-likeness (QED) is 0.414. The smallest absolute Gasteiger partial charge is 0.244 e. The number of carbonyl (C=O) groups is 1. The molecule has 0 spiro atoms. The second kappa shape index (κ2) is 10.3. The molecule has 0 saturated heterocycles. The summed E-state index contributed by atoms with van der Waals surface area (Å²) in [5, 5.41) is 7.67. The lowest BCUT2D eigenvalue weighted by atomic mass is 10.1. The zero-order valence-corrected chi connectivity index (χ0v) is 18.4. The van der Waals surface area contributed by atoms with E-state index in [1.165, 1.54) is 6.08 Å². The minimum atomic E-state index is -0.197. The maximum atomic E-state index is 12.4. The summed E-state index contributed by atoms with van der Waals surface area (Å²) in [6.07, 6.45) is 8.57. The van der Waals surface area contributed by atoms with Crippen molar-refractivity contribution in [3.8, 4) is 28.4 Å². The second-order valence-corrected chi connectivity index (χ2v) is 7.19. The van der Waals surface area contributed by atoms with E-state index in [9.17, 15) is 4.79 Å². The molecule has 2 aromatic carbocycles. The standard InChI is InChI=1S/C26H24N4O3/c1-32-23-10-8-20(16-24(23)33-2)26-21(18-30(29-26)22-6-4-3-5-7-22)9-11-25(31)28-17-19-12-14-27-15-13-19/h3-16,18H,17H2,1-2H3,(H,28,31). The van der Waals surface area contributed by atoms with Crippen LogP contribution in [0.5, 0.6) is 11.5 Å². The Labute approximate surface area is 192 Å². The highest BCUT2D eigenvalue weighted by Gasteiger charge is 2.14. The van der Waals surface area contributed by atoms with Crippen molar-refractivity contribution in [2.75, 3.05) is 14.2 Å². The van der Waals surface area contributed by atoms with E-state index in [1.807, 2.05) is 66.9 Å². The molecule has 4 aromatic rings. The number of aromatic nitrogens is 3. The predicted octanol–water partition coefficient (Wildman–Crippen LogP) is 4.28. The monoisotopic (exact) mass is 440 g/mol. The Bertz CT molecular complexity index is 1250. The van der Waals surface area contributed by atoms with Crippen molar-refractivity contribution in [1.29, 1.82) is 0 Å². The average molecular weight is 441 g/mol. The van der Waals surface area contributed by atoms with Gasteiger partial charge in [0.15, 0.2) is 11.5 Å². The van der Waals surface area contributed by atoms with Gasteiger partial charge in [0.05, 0.1) is 19.9 Å². The fourth-order valence-electron chi connectivity index (χ4n) is 3.34. The molecule has 7 nitrogen and oxygen atoms in total. The molecule has 4 rings (SSSR count). The molecule has 0 aliphatic carbocycles. The fraction of sp³-hybridized carbons (Fsp3) is 0.115. The van der Waals surface area contributed by atoms with E-state index < -0.39 is 0 Å². The normalized spacial score (nSPS) is 10.8. The SMILES string of the molecule is COc1ccc(-c2nn(-c3ccccc3)cc2C=CC(=O)NCc2ccncc2)cc1OC. The van der Waals surface area contributed by atoms with Gasteiger partial charge in [-0.1, -0.05) is 18.2 Å². The molecule has 2 aromatic heterocycles. The van der Waals surface area contributed by atoms with Crippen LogP contribution in [-0.4, -0.2) is 34.9 Å². The van der Waals surface area contributed by atoms with Gasteiger partial charge in [-0.25, -0.2) is 4.68 Å². The van der Waals surface area contributed by atoms with E-state index in [1.54, 1.807) is 37.4 Å². The van der Waals surface area contributed by atoms with Crippen LogP contribution in [-0.2, 0) is 11.3 Å². The summed E-state index contributed by atoms with van der Waals surface area (Å²) < 4.78 is 12.6. The maximum Gasteiger partial charge on any atom is 0.244 e. The van der Waals surface area contributed by atoms with Gasteiger partial charge in [-0.15, -0.1) is 0 Å². The molecule has 33 heavy (non-hydrogen) atoms. The molecule has 0 radical (unpaired) electrons. The zero-order valence-electron chi connectivity index (χ0n) is 18.4. The van der Waals surface area contributed by atoms with Gasteiger partial charge in [-0.3, -0.25) is 9.78 Å². The van der Waals surface area contributed by atoms with Crippen molar-refractivity contribution in [2.45, 2.75) is 6.54 Å². The van der Waals surface area contributed by atoms with Crippen LogP contribution in [0, 0.1) is 0 Å². The molecule has 0 aliphatic rings. The van der Waals surface area contributed by atoms with Crippen LogP contribution >= 0.6 is 0 Å². The Balaban J connectivity index is 1.64. The zero-order chi connectivity index (χ0) is 23.0. The maximum absolute atomic E-state index is 12.4. The van der Waals surface area contributed by atoms with Crippen LogP contribution in [0.4, 0.5) is 0 Å². The number of benzene rings is 2. The van der Waals surface area contributed by atoms with Gasteiger partial charge in [0.25, 0.3) is 0 Å². The van der Waals surface area contributed by atoms with E-state index in [0.29, 0.717) is 18.0 Å². The van der Waals surface area contributed by atoms with Crippen molar-refractivity contribution < 1.29 is 14.3 Å². The van der Waals surface area contributed by atoms with Crippen LogP contribution < -0.4 is 14.8 Å². The molecule has 0 aliphatic heterocycles. The fourth-order valence-corrected chi connectivity index (χ4v) is 3.34. The van der Waals surface area contributed by atoms with Gasteiger partial charge in [0, 0.05) is 42.3 Å². The highest BCUT2D eigenvalue weighted by molar-refractivity contribution is 5.92. The minimum Gasteiger partial charge on any atom is -0.493 e. The van der Waals surface area contributed by atoms with E-state index in [4.69, 9.17) is 14.6 Å². The number of ether oxygens (including phenoxy) is 2. The number of methoxy groups -OCH3 is 2. The molecule has 0 bridgehead atoms. The third-order valence-electron chi connectivity index (χ3n) is 5.05. The number of hydrogen-bond donors (Lipinski definition) is 1. The van der Waals surface area contributed by atoms with E-state index in [0.717, 1.165) is 28.1 Å². The number of pyridine rings is 1. The third-order valence-corrected chi connectivity index (χ3v) is 5.05. The van der Waals surface area contributed by atoms with E-state index in [-0.39, 0.29) is 5.91 Å². The van der Waals surface area contributed by atoms with Crippen molar-refractivity contribution in [1.82, 2.24) is 20.1 Å². The molecule has 2 heterocycles. The predicted molar refractivity (Wildman–Crippen MR) is 127 cm³/mol. The van der Waals surface area contributed by atoms with Crippen LogP contribution in [0.25, 0.3) is 23.0 Å². The van der Waals surface area contributed by atoms with Crippen LogP contribution in [0.1, 0.15) is 11.1 Å². The summed E-state index contributed by atoms with van der Waals surface area (Å²) >= 11 is 0. The van der Waals surface area contributed by atoms with Crippen molar-refractivity contribution in [3.05, 3.63) is 96.5 Å². The van der Waals surface area contributed by atoms with Gasteiger partial charge >= 0.3 is 0 Å². The van der Waals surface area contributed by atoms with Crippen molar-refractivity contribution >= 4 is 12.0 Å². The number of hydrogen-bond acceptors (Lipinski definition) is 5. The first-order chi connectivity index (χ1) is 16.2. The molecule has 1 amide bonds. The molecule has 0 unspecified atom stereocenters. The molecular weight excluding hydrogens is 416 g/mol. The van der Waals surface area contributed by atoms with Crippen molar-refractivity contribution in [3.63, 3.8) is 0 Å². The number of amides is 1. The first kappa shape index (κ1) is 21.8. The molecule has 0 saturated carbocycles. The number of nitrogens with one attached hydrogen (secondary N) is 1. The first-order valence-electron chi connectivity index (χ1n) is 10.4. The lowest BCUT2D eigenvalue weighted by Gasteiger charge is -2.09. The average Bonchev–Trinajstić information content (AvgIpc) is 3.31. The lowest BCUT2D eigenvalue weighted by Crippen LogP contribution is -2.20. The van der Waals surface area contributed by atoms with E-state index >= 15 is 0 Å². The largest absolute Gasteiger partial charge is 0.493 e. The number of rotatable bonds is 8. The van der Waals surface area contributed by atoms with Gasteiger partial charge in [-0.2, -0.15) is 5.10 Å². The summed E-state index contributed by atoms with van der Waals surface area (Å²) in [5.74, 6) is 1.04. The summed E-state index contributed by atoms with van der Waals surface area (Å²) in [4.78, 5) is 16.4. The topological polar surface area (TPSA) is 78.3 Å². The molecule has 1 N–H and O–H groups in total. The Morgan fingerprint density at radius 3 is 2.48 bits per heavy atom. The number of para-hydroxylation sites is 1. The third kappa shape index (κ3) is 5.27. The first-order valence-corrected chi connectivity index (χ1v) is 10.4. The van der Waals surface area contributed by atoms with E-state index in [2.05, 4.69) is 10.3 Å². The van der Waals surface area contributed by atoms with Crippen LogP contribution in [0.3, 0.4) is 0 Å². The Kier molecular flexibility index (Phi) is 6.80. The minimum absolute atomic E-state index is 0.197. The molecule has 166 valence electrons. The van der Waals surface area contributed by atoms with Gasteiger partial charge in [0.1, 0.15) is 5.69 Å². The molecule has 7 heteroatoms. The molecule has 0 atom stereocenters. The van der Waals surface area contributed by atoms with Gasteiger partial charge < -0.3 is 14.8 Å².